The minimum Gasteiger partial charge on any atom is -0.469 e. The smallest absolute Gasteiger partial charge is 0.276 e. The fraction of sp³-hybridized carbons (Fsp3) is 0.235. The molecule has 0 atom stereocenters. The molecule has 0 aliphatic heterocycles. The van der Waals surface area contributed by atoms with E-state index in [1.807, 2.05) is 25.1 Å². The molecule has 0 fully saturated rings. The van der Waals surface area contributed by atoms with E-state index in [4.69, 9.17) is 13.4 Å². The number of aromatic nitrogens is 5. The fourth-order valence-electron chi connectivity index (χ4n) is 2.34. The molecule has 0 unspecified atom stereocenters. The SMILES string of the molecule is Cc1occc1-c1nnc(SCCCc2nc(-c3ccncc3)no2)o1. The summed E-state index contributed by atoms with van der Waals surface area (Å²) in [6, 6.07) is 5.51. The third-order valence-corrected chi connectivity index (χ3v) is 4.57. The molecule has 0 bridgehead atoms. The Morgan fingerprint density at radius 3 is 2.81 bits per heavy atom. The first kappa shape index (κ1) is 16.5. The molecule has 9 heteroatoms. The summed E-state index contributed by atoms with van der Waals surface area (Å²) in [7, 11) is 0. The molecule has 0 radical (unpaired) electrons. The number of furan rings is 1. The highest BCUT2D eigenvalue weighted by Crippen LogP contribution is 2.26. The second-order valence-corrected chi connectivity index (χ2v) is 6.51. The Kier molecular flexibility index (Phi) is 4.78. The topological polar surface area (TPSA) is 104 Å². The summed E-state index contributed by atoms with van der Waals surface area (Å²) in [6.07, 6.45) is 6.54. The molecule has 8 nitrogen and oxygen atoms in total. The maximum Gasteiger partial charge on any atom is 0.276 e. The Bertz CT molecular complexity index is 979. The Morgan fingerprint density at radius 2 is 2.00 bits per heavy atom. The van der Waals surface area contributed by atoms with E-state index < -0.39 is 0 Å². The van der Waals surface area contributed by atoms with Crippen LogP contribution in [0, 0.1) is 6.92 Å². The first-order chi connectivity index (χ1) is 12.8. The summed E-state index contributed by atoms with van der Waals surface area (Å²) < 4.78 is 16.2. The van der Waals surface area contributed by atoms with Crippen LogP contribution < -0.4 is 0 Å². The van der Waals surface area contributed by atoms with Gasteiger partial charge in [-0.15, -0.1) is 10.2 Å². The van der Waals surface area contributed by atoms with E-state index in [1.165, 1.54) is 11.8 Å². The van der Waals surface area contributed by atoms with Crippen LogP contribution in [-0.4, -0.2) is 31.1 Å². The summed E-state index contributed by atoms with van der Waals surface area (Å²) in [4.78, 5) is 8.37. The average molecular weight is 369 g/mol. The van der Waals surface area contributed by atoms with Gasteiger partial charge in [-0.2, -0.15) is 4.98 Å². The van der Waals surface area contributed by atoms with Gasteiger partial charge in [-0.1, -0.05) is 16.9 Å². The molecule has 0 spiro atoms. The van der Waals surface area contributed by atoms with Crippen LogP contribution in [0.5, 0.6) is 0 Å². The van der Waals surface area contributed by atoms with E-state index in [0.717, 1.165) is 29.1 Å². The summed E-state index contributed by atoms with van der Waals surface area (Å²) in [5.74, 6) is 3.22. The van der Waals surface area contributed by atoms with Crippen LogP contribution >= 0.6 is 11.8 Å². The molecule has 4 rings (SSSR count). The van der Waals surface area contributed by atoms with Gasteiger partial charge < -0.3 is 13.4 Å². The molecule has 0 saturated heterocycles. The lowest BCUT2D eigenvalue weighted by molar-refractivity contribution is 0.378. The minimum absolute atomic E-state index is 0.470. The zero-order valence-corrected chi connectivity index (χ0v) is 14.8. The standard InChI is InChI=1S/C17H15N5O3S/c1-11-13(6-9-23-11)16-20-21-17(24-16)26-10-2-3-14-19-15(22-25-14)12-4-7-18-8-5-12/h4-9H,2-3,10H2,1H3. The summed E-state index contributed by atoms with van der Waals surface area (Å²) in [5.41, 5.74) is 1.70. The molecular formula is C17H15N5O3S. The Morgan fingerprint density at radius 1 is 1.12 bits per heavy atom. The first-order valence-corrected chi connectivity index (χ1v) is 9.02. The molecule has 0 aromatic carbocycles. The number of rotatable bonds is 7. The first-order valence-electron chi connectivity index (χ1n) is 8.03. The Balaban J connectivity index is 1.28. The monoisotopic (exact) mass is 369 g/mol. The van der Waals surface area contributed by atoms with Crippen LogP contribution in [0.4, 0.5) is 0 Å². The number of hydrogen-bond acceptors (Lipinski definition) is 9. The highest BCUT2D eigenvalue weighted by Gasteiger charge is 2.13. The second kappa shape index (κ2) is 7.52. The van der Waals surface area contributed by atoms with Crippen LogP contribution in [0.2, 0.25) is 0 Å². The molecule has 0 amide bonds. The predicted molar refractivity (Wildman–Crippen MR) is 93.3 cm³/mol. The zero-order chi connectivity index (χ0) is 17.8. The van der Waals surface area contributed by atoms with Gasteiger partial charge >= 0.3 is 0 Å². The zero-order valence-electron chi connectivity index (χ0n) is 14.0. The van der Waals surface area contributed by atoms with Gasteiger partial charge in [0.2, 0.25) is 11.7 Å². The van der Waals surface area contributed by atoms with Gasteiger partial charge in [0.25, 0.3) is 11.1 Å². The molecule has 4 aromatic rings. The van der Waals surface area contributed by atoms with Crippen molar-refractivity contribution in [2.75, 3.05) is 5.75 Å². The number of thioether (sulfide) groups is 1. The van der Waals surface area contributed by atoms with Gasteiger partial charge in [-0.25, -0.2) is 0 Å². The number of aryl methyl sites for hydroxylation is 2. The van der Waals surface area contributed by atoms with E-state index in [0.29, 0.717) is 29.2 Å². The fourth-order valence-corrected chi connectivity index (χ4v) is 3.04. The highest BCUT2D eigenvalue weighted by atomic mass is 32.2. The molecule has 0 saturated carbocycles. The van der Waals surface area contributed by atoms with Crippen LogP contribution in [0.3, 0.4) is 0 Å². The van der Waals surface area contributed by atoms with E-state index in [9.17, 15) is 0 Å². The Hall–Kier alpha value is -2.94. The summed E-state index contributed by atoms with van der Waals surface area (Å²) in [5, 5.41) is 12.6. The number of hydrogen-bond donors (Lipinski definition) is 0. The van der Waals surface area contributed by atoms with Crippen LogP contribution in [0.25, 0.3) is 22.8 Å². The van der Waals surface area contributed by atoms with E-state index in [1.54, 1.807) is 18.7 Å². The van der Waals surface area contributed by atoms with E-state index >= 15 is 0 Å². The molecule has 4 heterocycles. The van der Waals surface area contributed by atoms with Crippen molar-refractivity contribution >= 4 is 11.8 Å². The van der Waals surface area contributed by atoms with Gasteiger partial charge in [0, 0.05) is 30.1 Å². The lowest BCUT2D eigenvalue weighted by atomic mass is 10.2. The van der Waals surface area contributed by atoms with Crippen molar-refractivity contribution in [3.05, 3.63) is 48.5 Å². The summed E-state index contributed by atoms with van der Waals surface area (Å²) in [6.45, 7) is 1.86. The van der Waals surface area contributed by atoms with E-state index in [-0.39, 0.29) is 0 Å². The van der Waals surface area contributed by atoms with Crippen LogP contribution in [-0.2, 0) is 6.42 Å². The average Bonchev–Trinajstić information content (AvgIpc) is 3.40. The third kappa shape index (κ3) is 3.67. The maximum atomic E-state index is 5.65. The van der Waals surface area contributed by atoms with E-state index in [2.05, 4.69) is 25.3 Å². The lowest BCUT2D eigenvalue weighted by Gasteiger charge is -1.94. The molecule has 0 N–H and O–H groups in total. The van der Waals surface area contributed by atoms with Gasteiger partial charge in [-0.3, -0.25) is 4.98 Å². The third-order valence-electron chi connectivity index (χ3n) is 3.66. The second-order valence-electron chi connectivity index (χ2n) is 5.46. The maximum absolute atomic E-state index is 5.65. The molecule has 4 aromatic heterocycles. The van der Waals surface area contributed by atoms with Crippen molar-refractivity contribution in [1.29, 1.82) is 0 Å². The van der Waals surface area contributed by atoms with Crippen LogP contribution in [0.1, 0.15) is 18.1 Å². The van der Waals surface area contributed by atoms with Gasteiger partial charge in [0.15, 0.2) is 0 Å². The Labute approximate surface area is 153 Å². The number of pyridine rings is 1. The predicted octanol–water partition coefficient (Wildman–Crippen LogP) is 3.81. The largest absolute Gasteiger partial charge is 0.469 e. The van der Waals surface area contributed by atoms with Crippen molar-refractivity contribution in [3.63, 3.8) is 0 Å². The molecule has 0 aliphatic rings. The highest BCUT2D eigenvalue weighted by molar-refractivity contribution is 7.99. The minimum atomic E-state index is 0.470. The van der Waals surface area contributed by atoms with Crippen molar-refractivity contribution in [2.45, 2.75) is 25.0 Å². The van der Waals surface area contributed by atoms with Gasteiger partial charge in [-0.05, 0) is 31.5 Å². The van der Waals surface area contributed by atoms with Crippen molar-refractivity contribution in [1.82, 2.24) is 25.3 Å². The molecule has 26 heavy (non-hydrogen) atoms. The van der Waals surface area contributed by atoms with Crippen molar-refractivity contribution in [2.24, 2.45) is 0 Å². The molecule has 132 valence electrons. The molecule has 0 aliphatic carbocycles. The van der Waals surface area contributed by atoms with Gasteiger partial charge in [0.1, 0.15) is 5.76 Å². The van der Waals surface area contributed by atoms with Crippen molar-refractivity contribution in [3.8, 4) is 22.8 Å². The lowest BCUT2D eigenvalue weighted by Crippen LogP contribution is -1.89. The summed E-state index contributed by atoms with van der Waals surface area (Å²) >= 11 is 1.50. The normalized spacial score (nSPS) is 11.1. The van der Waals surface area contributed by atoms with Crippen molar-refractivity contribution < 1.29 is 13.4 Å². The molecular weight excluding hydrogens is 354 g/mol. The quantitative estimate of drug-likeness (QED) is 0.355. The van der Waals surface area contributed by atoms with Gasteiger partial charge in [0.05, 0.1) is 11.8 Å². The number of nitrogens with zero attached hydrogens (tertiary/aromatic N) is 5. The van der Waals surface area contributed by atoms with Crippen LogP contribution in [0.15, 0.2) is 55.4 Å².